The molecule has 0 rings (SSSR count). The molecule has 2 atom stereocenters. The maximum Gasteiger partial charge on any atom is 0.245 e. The molecule has 80 valence electrons. The average Bonchev–Trinajstić information content (AvgIpc) is 2.10. The van der Waals surface area contributed by atoms with Gasteiger partial charge in [-0.25, -0.2) is 9.63 Å². The Balaban J connectivity index is 3.41. The zero-order valence-electron chi connectivity index (χ0n) is 8.38. The first kappa shape index (κ1) is 13.0. The van der Waals surface area contributed by atoms with Crippen LogP contribution in [0.5, 0.6) is 0 Å². The minimum Gasteiger partial charge on any atom is -0.293 e. The van der Waals surface area contributed by atoms with E-state index in [2.05, 4.69) is 24.1 Å². The fourth-order valence-corrected chi connectivity index (χ4v) is 1.40. The Morgan fingerprint density at radius 2 is 2.15 bits per heavy atom. The van der Waals surface area contributed by atoms with E-state index in [-0.39, 0.29) is 0 Å². The van der Waals surface area contributed by atoms with Crippen LogP contribution in [0.25, 0.3) is 0 Å². The van der Waals surface area contributed by atoms with Gasteiger partial charge in [-0.3, -0.25) is 4.55 Å². The van der Waals surface area contributed by atoms with Gasteiger partial charge in [-0.1, -0.05) is 33.1 Å². The molecule has 0 saturated carbocycles. The Hall–Kier alpha value is 0.0300. The highest BCUT2D eigenvalue weighted by Gasteiger charge is 2.04. The van der Waals surface area contributed by atoms with E-state index in [0.717, 1.165) is 13.0 Å². The monoisotopic (exact) mass is 208 g/mol. The van der Waals surface area contributed by atoms with Crippen molar-refractivity contribution >= 4 is 11.3 Å². The second kappa shape index (κ2) is 8.62. The van der Waals surface area contributed by atoms with Crippen molar-refractivity contribution in [1.82, 2.24) is 10.3 Å². The molecule has 3 N–H and O–H groups in total. The minimum atomic E-state index is -1.95. The third-order valence-corrected chi connectivity index (χ3v) is 2.41. The molecule has 0 aliphatic carbocycles. The number of hydrogen-bond acceptors (Lipinski definition) is 2. The van der Waals surface area contributed by atoms with Crippen molar-refractivity contribution in [1.29, 1.82) is 0 Å². The standard InChI is InChI=1S/C8H20N2O2S/c1-3-5-6-8(4-2)7-9-10-13(11)12/h8-10H,3-7H2,1-2H3,(H,11,12). The van der Waals surface area contributed by atoms with Gasteiger partial charge in [-0.2, -0.15) is 4.83 Å². The molecular formula is C8H20N2O2S. The number of hydrazine groups is 1. The van der Waals surface area contributed by atoms with Crippen molar-refractivity contribution in [2.45, 2.75) is 39.5 Å². The molecule has 0 aromatic rings. The van der Waals surface area contributed by atoms with Crippen LogP contribution < -0.4 is 10.3 Å². The third-order valence-electron chi connectivity index (χ3n) is 2.09. The number of hydrogen-bond donors (Lipinski definition) is 3. The molecule has 0 radical (unpaired) electrons. The first-order chi connectivity index (χ1) is 6.20. The van der Waals surface area contributed by atoms with Crippen molar-refractivity contribution in [3.8, 4) is 0 Å². The van der Waals surface area contributed by atoms with Gasteiger partial charge in [0.2, 0.25) is 11.3 Å². The Morgan fingerprint density at radius 1 is 1.46 bits per heavy atom. The Kier molecular flexibility index (Phi) is 8.64. The number of unbranched alkanes of at least 4 members (excludes halogenated alkanes) is 1. The molecule has 5 heteroatoms. The fraction of sp³-hybridized carbons (Fsp3) is 1.00. The van der Waals surface area contributed by atoms with E-state index in [1.54, 1.807) is 0 Å². The van der Waals surface area contributed by atoms with Crippen LogP contribution >= 0.6 is 0 Å². The Morgan fingerprint density at radius 3 is 2.62 bits per heavy atom. The molecule has 0 spiro atoms. The molecule has 2 unspecified atom stereocenters. The fourth-order valence-electron chi connectivity index (χ4n) is 1.19. The number of rotatable bonds is 8. The molecule has 0 fully saturated rings. The molecule has 0 aliphatic heterocycles. The summed E-state index contributed by atoms with van der Waals surface area (Å²) in [7, 11) is 0. The van der Waals surface area contributed by atoms with E-state index in [9.17, 15) is 4.21 Å². The molecule has 0 heterocycles. The van der Waals surface area contributed by atoms with E-state index in [1.807, 2.05) is 0 Å². The molecule has 13 heavy (non-hydrogen) atoms. The maximum absolute atomic E-state index is 10.2. The van der Waals surface area contributed by atoms with Crippen LogP contribution in [0, 0.1) is 5.92 Å². The second-order valence-corrected chi connectivity index (χ2v) is 3.85. The normalized spacial score (nSPS) is 15.6. The Labute approximate surface area is 82.9 Å². The highest BCUT2D eigenvalue weighted by atomic mass is 32.2. The van der Waals surface area contributed by atoms with Crippen LogP contribution in [0.4, 0.5) is 0 Å². The van der Waals surface area contributed by atoms with Gasteiger partial charge in [-0.15, -0.1) is 0 Å². The van der Waals surface area contributed by atoms with Gasteiger partial charge in [0.05, 0.1) is 0 Å². The van der Waals surface area contributed by atoms with Crippen LogP contribution in [0.15, 0.2) is 0 Å². The van der Waals surface area contributed by atoms with E-state index in [4.69, 9.17) is 4.55 Å². The van der Waals surface area contributed by atoms with Gasteiger partial charge in [-0.05, 0) is 12.3 Å². The summed E-state index contributed by atoms with van der Waals surface area (Å²) in [6, 6.07) is 0. The van der Waals surface area contributed by atoms with Crippen LogP contribution in [0.1, 0.15) is 39.5 Å². The molecule has 0 bridgehead atoms. The summed E-state index contributed by atoms with van der Waals surface area (Å²) in [5.41, 5.74) is 2.74. The molecule has 0 aliphatic rings. The molecular weight excluding hydrogens is 188 g/mol. The van der Waals surface area contributed by atoms with Crippen LogP contribution in [0.2, 0.25) is 0 Å². The van der Waals surface area contributed by atoms with E-state index >= 15 is 0 Å². The van der Waals surface area contributed by atoms with Crippen molar-refractivity contribution in [2.24, 2.45) is 5.92 Å². The summed E-state index contributed by atoms with van der Waals surface area (Å²) in [5, 5.41) is 0. The van der Waals surface area contributed by atoms with Crippen molar-refractivity contribution < 1.29 is 8.76 Å². The molecule has 0 aromatic heterocycles. The van der Waals surface area contributed by atoms with Gasteiger partial charge < -0.3 is 0 Å². The van der Waals surface area contributed by atoms with Crippen molar-refractivity contribution in [3.63, 3.8) is 0 Å². The topological polar surface area (TPSA) is 61.4 Å². The van der Waals surface area contributed by atoms with E-state index < -0.39 is 11.3 Å². The molecule has 0 saturated heterocycles. The van der Waals surface area contributed by atoms with Gasteiger partial charge in [0.1, 0.15) is 0 Å². The summed E-state index contributed by atoms with van der Waals surface area (Å²) < 4.78 is 18.6. The van der Waals surface area contributed by atoms with Gasteiger partial charge in [0.25, 0.3) is 0 Å². The minimum absolute atomic E-state index is 0.594. The third kappa shape index (κ3) is 8.36. The van der Waals surface area contributed by atoms with Gasteiger partial charge >= 0.3 is 0 Å². The summed E-state index contributed by atoms with van der Waals surface area (Å²) in [5.74, 6) is 0.594. The smallest absolute Gasteiger partial charge is 0.245 e. The maximum atomic E-state index is 10.2. The average molecular weight is 208 g/mol. The van der Waals surface area contributed by atoms with Crippen molar-refractivity contribution in [2.75, 3.05) is 6.54 Å². The van der Waals surface area contributed by atoms with E-state index in [1.165, 1.54) is 19.3 Å². The van der Waals surface area contributed by atoms with Gasteiger partial charge in [0.15, 0.2) is 0 Å². The second-order valence-electron chi connectivity index (χ2n) is 3.15. The predicted molar refractivity (Wildman–Crippen MR) is 55.2 cm³/mol. The SMILES string of the molecule is CCCCC(CC)CNNS(=O)O. The lowest BCUT2D eigenvalue weighted by atomic mass is 10.00. The number of nitrogens with one attached hydrogen (secondary N) is 2. The quantitative estimate of drug-likeness (QED) is 0.418. The zero-order chi connectivity index (χ0) is 10.1. The molecule has 4 nitrogen and oxygen atoms in total. The summed E-state index contributed by atoms with van der Waals surface area (Å²) >= 11 is -1.95. The molecule has 0 aromatic carbocycles. The highest BCUT2D eigenvalue weighted by molar-refractivity contribution is 7.77. The van der Waals surface area contributed by atoms with Crippen molar-refractivity contribution in [3.05, 3.63) is 0 Å². The Bertz CT molecular complexity index is 144. The summed E-state index contributed by atoms with van der Waals surface area (Å²) in [4.78, 5) is 2.26. The first-order valence-corrected chi connectivity index (χ1v) is 5.90. The molecule has 0 amide bonds. The predicted octanol–water partition coefficient (Wildman–Crippen LogP) is 1.43. The van der Waals surface area contributed by atoms with Gasteiger partial charge in [0, 0.05) is 6.54 Å². The van der Waals surface area contributed by atoms with E-state index in [0.29, 0.717) is 5.92 Å². The van der Waals surface area contributed by atoms with Crippen LogP contribution in [-0.4, -0.2) is 15.3 Å². The first-order valence-electron chi connectivity index (χ1n) is 4.80. The largest absolute Gasteiger partial charge is 0.293 e. The van der Waals surface area contributed by atoms with Crippen LogP contribution in [-0.2, 0) is 11.3 Å². The summed E-state index contributed by atoms with van der Waals surface area (Å²) in [6.45, 7) is 5.06. The summed E-state index contributed by atoms with van der Waals surface area (Å²) in [6.07, 6.45) is 4.71. The van der Waals surface area contributed by atoms with Crippen LogP contribution in [0.3, 0.4) is 0 Å². The lowest BCUT2D eigenvalue weighted by Gasteiger charge is -2.14. The lowest BCUT2D eigenvalue weighted by molar-refractivity contribution is 0.408. The zero-order valence-corrected chi connectivity index (χ0v) is 9.19. The highest BCUT2D eigenvalue weighted by Crippen LogP contribution is 2.10. The lowest BCUT2D eigenvalue weighted by Crippen LogP contribution is -2.36.